The van der Waals surface area contributed by atoms with Crippen LogP contribution in [0.2, 0.25) is 0 Å². The Balaban J connectivity index is 2.41. The molecule has 1 rings (SSSR count). The van der Waals surface area contributed by atoms with Gasteiger partial charge in [0.15, 0.2) is 0 Å². The van der Waals surface area contributed by atoms with E-state index in [1.54, 1.807) is 13.8 Å². The standard InChI is InChI=1S/C18H24I2O6/c1-3-23-17(21)7-5-9-25-15-11-14(20)16(12-13(15)19)26-10-6-8-18(22)24-4-2/h11-12H,3-10H2,1-2H3. The summed E-state index contributed by atoms with van der Waals surface area (Å²) in [6.45, 7) is 5.28. The van der Waals surface area contributed by atoms with Crippen molar-refractivity contribution in [2.24, 2.45) is 0 Å². The van der Waals surface area contributed by atoms with Crippen molar-refractivity contribution in [2.75, 3.05) is 26.4 Å². The van der Waals surface area contributed by atoms with Gasteiger partial charge in [0, 0.05) is 12.8 Å². The Labute approximate surface area is 181 Å². The van der Waals surface area contributed by atoms with E-state index in [0.717, 1.165) is 18.6 Å². The van der Waals surface area contributed by atoms with Crippen molar-refractivity contribution in [1.29, 1.82) is 0 Å². The Morgan fingerprint density at radius 3 is 1.54 bits per heavy atom. The van der Waals surface area contributed by atoms with E-state index in [-0.39, 0.29) is 11.9 Å². The number of ether oxygens (including phenoxy) is 4. The monoisotopic (exact) mass is 590 g/mol. The van der Waals surface area contributed by atoms with Crippen molar-refractivity contribution < 1.29 is 28.5 Å². The molecule has 26 heavy (non-hydrogen) atoms. The van der Waals surface area contributed by atoms with Gasteiger partial charge < -0.3 is 18.9 Å². The molecule has 0 saturated carbocycles. The van der Waals surface area contributed by atoms with E-state index in [1.807, 2.05) is 12.1 Å². The maximum atomic E-state index is 11.3. The first-order valence-corrected chi connectivity index (χ1v) is 10.7. The summed E-state index contributed by atoms with van der Waals surface area (Å²) in [6, 6.07) is 3.82. The third-order valence-electron chi connectivity index (χ3n) is 3.16. The zero-order valence-electron chi connectivity index (χ0n) is 15.0. The highest BCUT2D eigenvalue weighted by atomic mass is 127. The summed E-state index contributed by atoms with van der Waals surface area (Å²) in [7, 11) is 0. The smallest absolute Gasteiger partial charge is 0.305 e. The maximum absolute atomic E-state index is 11.3. The number of hydrogen-bond donors (Lipinski definition) is 0. The van der Waals surface area contributed by atoms with Crippen molar-refractivity contribution in [3.8, 4) is 11.5 Å². The molecule has 0 unspecified atom stereocenters. The van der Waals surface area contributed by atoms with Gasteiger partial charge in [-0.3, -0.25) is 9.59 Å². The average Bonchev–Trinajstić information content (AvgIpc) is 2.59. The lowest BCUT2D eigenvalue weighted by Gasteiger charge is -2.13. The average molecular weight is 590 g/mol. The SMILES string of the molecule is CCOC(=O)CCCOc1cc(I)c(OCCCC(=O)OCC)cc1I. The summed E-state index contributed by atoms with van der Waals surface area (Å²) in [5.74, 6) is 1.12. The first kappa shape index (κ1) is 23.3. The minimum absolute atomic E-state index is 0.202. The van der Waals surface area contributed by atoms with Crippen LogP contribution in [0.5, 0.6) is 11.5 Å². The molecule has 0 N–H and O–H groups in total. The number of carbonyl (C=O) groups excluding carboxylic acids is 2. The van der Waals surface area contributed by atoms with Crippen LogP contribution in [0.25, 0.3) is 0 Å². The molecule has 1 aromatic rings. The van der Waals surface area contributed by atoms with Gasteiger partial charge in [0.25, 0.3) is 0 Å². The zero-order chi connectivity index (χ0) is 19.4. The van der Waals surface area contributed by atoms with Gasteiger partial charge in [0.1, 0.15) is 11.5 Å². The molecule has 146 valence electrons. The van der Waals surface area contributed by atoms with Gasteiger partial charge >= 0.3 is 11.9 Å². The lowest BCUT2D eigenvalue weighted by atomic mass is 10.3. The lowest BCUT2D eigenvalue weighted by molar-refractivity contribution is -0.144. The molecular formula is C18H24I2O6. The predicted octanol–water partition coefficient (Wildman–Crippen LogP) is 4.34. The third-order valence-corrected chi connectivity index (χ3v) is 4.85. The molecular weight excluding hydrogens is 566 g/mol. The largest absolute Gasteiger partial charge is 0.492 e. The molecule has 0 aliphatic rings. The van der Waals surface area contributed by atoms with Crippen molar-refractivity contribution in [3.05, 3.63) is 19.3 Å². The molecule has 0 heterocycles. The second kappa shape index (κ2) is 13.4. The molecule has 0 aromatic heterocycles. The molecule has 0 spiro atoms. The van der Waals surface area contributed by atoms with Crippen LogP contribution < -0.4 is 9.47 Å². The molecule has 0 radical (unpaired) electrons. The Kier molecular flexibility index (Phi) is 12.0. The van der Waals surface area contributed by atoms with Crippen LogP contribution in [0, 0.1) is 7.14 Å². The van der Waals surface area contributed by atoms with Crippen molar-refractivity contribution in [1.82, 2.24) is 0 Å². The molecule has 0 aliphatic heterocycles. The van der Waals surface area contributed by atoms with Crippen molar-refractivity contribution >= 4 is 57.1 Å². The van der Waals surface area contributed by atoms with E-state index in [9.17, 15) is 9.59 Å². The van der Waals surface area contributed by atoms with Crippen LogP contribution in [-0.4, -0.2) is 38.4 Å². The van der Waals surface area contributed by atoms with E-state index in [2.05, 4.69) is 45.2 Å². The molecule has 0 aliphatic carbocycles. The van der Waals surface area contributed by atoms with Gasteiger partial charge in [-0.05, 0) is 84.0 Å². The van der Waals surface area contributed by atoms with Crippen LogP contribution in [-0.2, 0) is 19.1 Å². The molecule has 1 aromatic carbocycles. The van der Waals surface area contributed by atoms with Gasteiger partial charge in [0.2, 0.25) is 0 Å². The fourth-order valence-electron chi connectivity index (χ4n) is 2.00. The first-order valence-electron chi connectivity index (χ1n) is 8.53. The van der Waals surface area contributed by atoms with E-state index < -0.39 is 0 Å². The van der Waals surface area contributed by atoms with E-state index in [0.29, 0.717) is 52.1 Å². The van der Waals surface area contributed by atoms with Gasteiger partial charge in [0.05, 0.1) is 33.6 Å². The summed E-state index contributed by atoms with van der Waals surface area (Å²) >= 11 is 4.38. The highest BCUT2D eigenvalue weighted by Crippen LogP contribution is 2.31. The van der Waals surface area contributed by atoms with Gasteiger partial charge in [-0.15, -0.1) is 0 Å². The second-order valence-corrected chi connectivity index (χ2v) is 7.55. The molecule has 0 amide bonds. The van der Waals surface area contributed by atoms with Crippen molar-refractivity contribution in [2.45, 2.75) is 39.5 Å². The first-order chi connectivity index (χ1) is 12.5. The van der Waals surface area contributed by atoms with Gasteiger partial charge in [-0.25, -0.2) is 0 Å². The minimum Gasteiger partial charge on any atom is -0.492 e. The topological polar surface area (TPSA) is 71.1 Å². The Morgan fingerprint density at radius 1 is 0.808 bits per heavy atom. The van der Waals surface area contributed by atoms with Crippen LogP contribution in [0.1, 0.15) is 39.5 Å². The molecule has 0 atom stereocenters. The van der Waals surface area contributed by atoms with Gasteiger partial charge in [-0.1, -0.05) is 0 Å². The van der Waals surface area contributed by atoms with E-state index in [4.69, 9.17) is 18.9 Å². The Morgan fingerprint density at radius 2 is 1.19 bits per heavy atom. The number of hydrogen-bond acceptors (Lipinski definition) is 6. The van der Waals surface area contributed by atoms with Crippen LogP contribution >= 0.6 is 45.2 Å². The van der Waals surface area contributed by atoms with Crippen LogP contribution in [0.15, 0.2) is 12.1 Å². The number of rotatable bonds is 12. The van der Waals surface area contributed by atoms with E-state index in [1.165, 1.54) is 0 Å². The van der Waals surface area contributed by atoms with Gasteiger partial charge in [-0.2, -0.15) is 0 Å². The summed E-state index contributed by atoms with van der Waals surface area (Å²) in [5, 5.41) is 0. The fourth-order valence-corrected chi connectivity index (χ4v) is 3.18. The Hall–Kier alpha value is -0.780. The van der Waals surface area contributed by atoms with Crippen LogP contribution in [0.4, 0.5) is 0 Å². The zero-order valence-corrected chi connectivity index (χ0v) is 19.3. The maximum Gasteiger partial charge on any atom is 0.305 e. The minimum atomic E-state index is -0.202. The number of esters is 2. The number of benzene rings is 1. The summed E-state index contributed by atoms with van der Waals surface area (Å²) in [5.41, 5.74) is 0. The molecule has 0 bridgehead atoms. The van der Waals surface area contributed by atoms with E-state index >= 15 is 0 Å². The number of halogens is 2. The second-order valence-electron chi connectivity index (χ2n) is 5.23. The van der Waals surface area contributed by atoms with Crippen LogP contribution in [0.3, 0.4) is 0 Å². The highest BCUT2D eigenvalue weighted by molar-refractivity contribution is 14.1. The molecule has 0 fully saturated rings. The lowest BCUT2D eigenvalue weighted by Crippen LogP contribution is -2.08. The fraction of sp³-hybridized carbons (Fsp3) is 0.556. The summed E-state index contributed by atoms with van der Waals surface area (Å²) < 4.78 is 23.1. The quantitative estimate of drug-likeness (QED) is 0.205. The molecule has 8 heteroatoms. The normalized spacial score (nSPS) is 10.3. The summed E-state index contributed by atoms with van der Waals surface area (Å²) in [6.07, 6.45) is 1.92. The molecule has 0 saturated heterocycles. The summed E-state index contributed by atoms with van der Waals surface area (Å²) in [4.78, 5) is 22.6. The highest BCUT2D eigenvalue weighted by Gasteiger charge is 2.10. The van der Waals surface area contributed by atoms with Crippen molar-refractivity contribution in [3.63, 3.8) is 0 Å². The Bertz CT molecular complexity index is 540. The molecule has 6 nitrogen and oxygen atoms in total. The predicted molar refractivity (Wildman–Crippen MR) is 115 cm³/mol. The third kappa shape index (κ3) is 9.24. The number of carbonyl (C=O) groups is 2.